The van der Waals surface area contributed by atoms with Crippen LogP contribution < -0.4 is 5.32 Å². The van der Waals surface area contributed by atoms with Crippen LogP contribution in [0.25, 0.3) is 0 Å². The number of aryl methyl sites for hydroxylation is 1. The summed E-state index contributed by atoms with van der Waals surface area (Å²) in [6.45, 7) is 4.00. The molecule has 0 aliphatic rings. The van der Waals surface area contributed by atoms with Gasteiger partial charge < -0.3 is 5.32 Å². The Morgan fingerprint density at radius 3 is 2.85 bits per heavy atom. The van der Waals surface area contributed by atoms with Crippen LogP contribution in [0.3, 0.4) is 0 Å². The van der Waals surface area contributed by atoms with Crippen molar-refractivity contribution in [1.29, 1.82) is 0 Å². The van der Waals surface area contributed by atoms with E-state index in [-0.39, 0.29) is 0 Å². The smallest absolute Gasteiger partial charge is 0.138 e. The molecule has 1 N–H and O–H groups in total. The molecular weight excluding hydrogens is 316 g/mol. The predicted octanol–water partition coefficient (Wildman–Crippen LogP) is 3.00. The van der Waals surface area contributed by atoms with Gasteiger partial charge in [0.2, 0.25) is 0 Å². The van der Waals surface area contributed by atoms with E-state index in [4.69, 9.17) is 0 Å². The van der Waals surface area contributed by atoms with Gasteiger partial charge in [0, 0.05) is 29.9 Å². The van der Waals surface area contributed by atoms with Crippen LogP contribution in [0, 0.1) is 0 Å². The van der Waals surface area contributed by atoms with Crippen molar-refractivity contribution < 1.29 is 0 Å². The molecule has 108 valence electrons. The molecule has 4 nitrogen and oxygen atoms in total. The fraction of sp³-hybridized carbons (Fsp3) is 0.467. The highest BCUT2D eigenvalue weighted by Crippen LogP contribution is 2.27. The molecule has 1 unspecified atom stereocenters. The van der Waals surface area contributed by atoms with Crippen molar-refractivity contribution in [2.45, 2.75) is 32.2 Å². The molecule has 0 aliphatic heterocycles. The molecule has 1 aromatic carbocycles. The summed E-state index contributed by atoms with van der Waals surface area (Å²) in [6.07, 6.45) is 3.62. The van der Waals surface area contributed by atoms with Gasteiger partial charge in [-0.1, -0.05) is 41.1 Å². The van der Waals surface area contributed by atoms with Gasteiger partial charge >= 0.3 is 0 Å². The molecule has 0 spiro atoms. The van der Waals surface area contributed by atoms with Crippen molar-refractivity contribution in [3.8, 4) is 0 Å². The second-order valence-electron chi connectivity index (χ2n) is 4.88. The first-order valence-corrected chi connectivity index (χ1v) is 7.81. The maximum Gasteiger partial charge on any atom is 0.138 e. The van der Waals surface area contributed by atoms with Gasteiger partial charge in [0.1, 0.15) is 12.2 Å². The quantitative estimate of drug-likeness (QED) is 0.845. The molecule has 0 amide bonds. The lowest BCUT2D eigenvalue weighted by Crippen LogP contribution is -2.21. The summed E-state index contributed by atoms with van der Waals surface area (Å²) in [7, 11) is 1.99. The Morgan fingerprint density at radius 2 is 2.15 bits per heavy atom. The highest BCUT2D eigenvalue weighted by molar-refractivity contribution is 9.10. The Labute approximate surface area is 128 Å². The Kier molecular flexibility index (Phi) is 5.73. The van der Waals surface area contributed by atoms with Crippen molar-refractivity contribution in [2.24, 2.45) is 0 Å². The van der Waals surface area contributed by atoms with Crippen LogP contribution in [0.4, 0.5) is 0 Å². The van der Waals surface area contributed by atoms with Crippen molar-refractivity contribution >= 4 is 15.9 Å². The summed E-state index contributed by atoms with van der Waals surface area (Å²) in [5.41, 5.74) is 1.31. The highest BCUT2D eigenvalue weighted by atomic mass is 79.9. The summed E-state index contributed by atoms with van der Waals surface area (Å²) in [6, 6.07) is 8.39. The van der Waals surface area contributed by atoms with Crippen LogP contribution in [0.2, 0.25) is 0 Å². The van der Waals surface area contributed by atoms with Crippen LogP contribution in [-0.4, -0.2) is 28.4 Å². The maximum atomic E-state index is 4.42. The van der Waals surface area contributed by atoms with Crippen LogP contribution >= 0.6 is 15.9 Å². The molecule has 0 saturated carbocycles. The molecule has 1 aromatic heterocycles. The number of aromatic nitrogens is 3. The molecule has 1 atom stereocenters. The summed E-state index contributed by atoms with van der Waals surface area (Å²) < 4.78 is 3.17. The zero-order valence-electron chi connectivity index (χ0n) is 12.0. The molecule has 0 bridgehead atoms. The number of likely N-dealkylation sites (N-methyl/N-ethyl adjacent to an activating group) is 1. The minimum atomic E-state index is 0.385. The number of nitrogens with one attached hydrogen (secondary N) is 1. The molecular formula is C15H21BrN4. The Balaban J connectivity index is 2.21. The zero-order chi connectivity index (χ0) is 14.4. The minimum absolute atomic E-state index is 0.385. The van der Waals surface area contributed by atoms with Gasteiger partial charge in [-0.2, -0.15) is 5.10 Å². The summed E-state index contributed by atoms with van der Waals surface area (Å²) in [4.78, 5) is 4.42. The lowest BCUT2D eigenvalue weighted by Gasteiger charge is -2.18. The molecule has 0 radical (unpaired) electrons. The van der Waals surface area contributed by atoms with Crippen molar-refractivity contribution in [3.05, 3.63) is 46.5 Å². The number of hydrogen-bond donors (Lipinski definition) is 1. The number of rotatable bonds is 7. The molecule has 5 heteroatoms. The first-order chi connectivity index (χ1) is 9.76. The molecule has 1 heterocycles. The molecule has 0 fully saturated rings. The van der Waals surface area contributed by atoms with E-state index in [0.29, 0.717) is 5.92 Å². The molecule has 0 aliphatic carbocycles. The van der Waals surface area contributed by atoms with Crippen molar-refractivity contribution in [2.75, 3.05) is 13.6 Å². The molecule has 2 rings (SSSR count). The van der Waals surface area contributed by atoms with E-state index in [0.717, 1.165) is 36.2 Å². The summed E-state index contributed by atoms with van der Waals surface area (Å²) >= 11 is 3.65. The predicted molar refractivity (Wildman–Crippen MR) is 84.8 cm³/mol. The van der Waals surface area contributed by atoms with Gasteiger partial charge in [-0.25, -0.2) is 4.98 Å². The van der Waals surface area contributed by atoms with E-state index in [2.05, 4.69) is 56.5 Å². The third kappa shape index (κ3) is 3.67. The number of hydrogen-bond acceptors (Lipinski definition) is 3. The van der Waals surface area contributed by atoms with Gasteiger partial charge in [-0.05, 0) is 25.1 Å². The van der Waals surface area contributed by atoms with E-state index in [9.17, 15) is 0 Å². The third-order valence-electron chi connectivity index (χ3n) is 3.36. The fourth-order valence-corrected chi connectivity index (χ4v) is 3.02. The molecule has 2 aromatic rings. The van der Waals surface area contributed by atoms with Gasteiger partial charge in [-0.15, -0.1) is 0 Å². The average Bonchev–Trinajstić information content (AvgIpc) is 2.87. The number of halogens is 1. The van der Waals surface area contributed by atoms with E-state index in [1.807, 2.05) is 17.8 Å². The first-order valence-electron chi connectivity index (χ1n) is 7.02. The number of nitrogens with zero attached hydrogens (tertiary/aromatic N) is 3. The monoisotopic (exact) mass is 336 g/mol. The van der Waals surface area contributed by atoms with Crippen LogP contribution in [-0.2, 0) is 13.0 Å². The first kappa shape index (κ1) is 15.2. The number of benzene rings is 1. The standard InChI is InChI=1S/C15H21BrN4/c1-3-8-20-15(18-11-19-20)9-12(10-17-2)13-6-4-5-7-14(13)16/h4-7,11-12,17H,3,8-10H2,1-2H3. The van der Waals surface area contributed by atoms with Crippen LogP contribution in [0.15, 0.2) is 35.1 Å². The largest absolute Gasteiger partial charge is 0.319 e. The summed E-state index contributed by atoms with van der Waals surface area (Å²) in [5.74, 6) is 1.44. The Bertz CT molecular complexity index is 538. The normalized spacial score (nSPS) is 12.6. The highest BCUT2D eigenvalue weighted by Gasteiger charge is 2.17. The van der Waals surface area contributed by atoms with E-state index < -0.39 is 0 Å². The van der Waals surface area contributed by atoms with Gasteiger partial charge in [0.15, 0.2) is 0 Å². The maximum absolute atomic E-state index is 4.42. The second kappa shape index (κ2) is 7.55. The van der Waals surface area contributed by atoms with Gasteiger partial charge in [0.05, 0.1) is 0 Å². The van der Waals surface area contributed by atoms with E-state index in [1.165, 1.54) is 5.56 Å². The van der Waals surface area contributed by atoms with Crippen molar-refractivity contribution in [1.82, 2.24) is 20.1 Å². The van der Waals surface area contributed by atoms with Gasteiger partial charge in [0.25, 0.3) is 0 Å². The van der Waals surface area contributed by atoms with E-state index in [1.54, 1.807) is 6.33 Å². The van der Waals surface area contributed by atoms with E-state index >= 15 is 0 Å². The van der Waals surface area contributed by atoms with Crippen LogP contribution in [0.5, 0.6) is 0 Å². The lowest BCUT2D eigenvalue weighted by atomic mass is 9.95. The fourth-order valence-electron chi connectivity index (χ4n) is 2.41. The Hall–Kier alpha value is -1.20. The summed E-state index contributed by atoms with van der Waals surface area (Å²) in [5, 5.41) is 7.59. The Morgan fingerprint density at radius 1 is 1.35 bits per heavy atom. The minimum Gasteiger partial charge on any atom is -0.319 e. The molecule has 20 heavy (non-hydrogen) atoms. The lowest BCUT2D eigenvalue weighted by molar-refractivity contribution is 0.533. The topological polar surface area (TPSA) is 42.7 Å². The van der Waals surface area contributed by atoms with Gasteiger partial charge in [-0.3, -0.25) is 4.68 Å². The zero-order valence-corrected chi connectivity index (χ0v) is 13.6. The van der Waals surface area contributed by atoms with Crippen LogP contribution in [0.1, 0.15) is 30.7 Å². The SMILES string of the molecule is CCCn1ncnc1CC(CNC)c1ccccc1Br. The average molecular weight is 337 g/mol. The second-order valence-corrected chi connectivity index (χ2v) is 5.73. The third-order valence-corrected chi connectivity index (χ3v) is 4.08. The molecule has 0 saturated heterocycles. The van der Waals surface area contributed by atoms with Crippen molar-refractivity contribution in [3.63, 3.8) is 0 Å².